The van der Waals surface area contributed by atoms with E-state index in [1.54, 1.807) is 19.9 Å². The molecule has 1 aromatic carbocycles. The summed E-state index contributed by atoms with van der Waals surface area (Å²) in [6, 6.07) is 6.47. The van der Waals surface area contributed by atoms with Crippen LogP contribution in [0.1, 0.15) is 19.4 Å². The highest BCUT2D eigenvalue weighted by molar-refractivity contribution is 9.10. The molecule has 1 aliphatic rings. The van der Waals surface area contributed by atoms with Gasteiger partial charge in [-0.1, -0.05) is 54.1 Å². The van der Waals surface area contributed by atoms with Gasteiger partial charge < -0.3 is 9.90 Å². The standard InChI is InChI=1S/C15H14BrNO3S2/c1-8(2)12(14(18)19)17-13(21)11(22-15(17)20)7-9-3-5-10(16)6-4-9/h3-8,12H,1-2H3,(H,18,19)/p-1/t12-/m0/s1. The van der Waals surface area contributed by atoms with E-state index in [4.69, 9.17) is 12.2 Å². The first-order valence-electron chi connectivity index (χ1n) is 6.54. The fourth-order valence-corrected chi connectivity index (χ4v) is 3.68. The van der Waals surface area contributed by atoms with Crippen molar-refractivity contribution in [2.45, 2.75) is 19.9 Å². The van der Waals surface area contributed by atoms with Crippen molar-refractivity contribution in [2.75, 3.05) is 0 Å². The minimum absolute atomic E-state index is 0.237. The van der Waals surface area contributed by atoms with Crippen molar-refractivity contribution >= 4 is 62.2 Å². The van der Waals surface area contributed by atoms with E-state index >= 15 is 0 Å². The molecule has 0 bridgehead atoms. The predicted molar refractivity (Wildman–Crippen MR) is 93.2 cm³/mol. The van der Waals surface area contributed by atoms with E-state index < -0.39 is 12.0 Å². The van der Waals surface area contributed by atoms with Crippen molar-refractivity contribution < 1.29 is 14.7 Å². The van der Waals surface area contributed by atoms with Gasteiger partial charge in [0.25, 0.3) is 5.24 Å². The molecule has 0 unspecified atom stereocenters. The zero-order valence-corrected chi connectivity index (χ0v) is 15.1. The van der Waals surface area contributed by atoms with E-state index in [0.29, 0.717) is 4.91 Å². The Morgan fingerprint density at radius 3 is 2.45 bits per heavy atom. The van der Waals surface area contributed by atoms with Crippen LogP contribution in [0.2, 0.25) is 0 Å². The molecule has 1 aromatic rings. The number of rotatable bonds is 4. The Hall–Kier alpha value is -1.18. The van der Waals surface area contributed by atoms with E-state index in [-0.39, 0.29) is 16.1 Å². The lowest BCUT2D eigenvalue weighted by atomic mass is 10.0. The molecule has 0 saturated carbocycles. The van der Waals surface area contributed by atoms with Gasteiger partial charge in [0.1, 0.15) is 4.99 Å². The molecule has 1 saturated heterocycles. The first kappa shape index (κ1) is 17.2. The maximum absolute atomic E-state index is 12.2. The number of amides is 1. The number of benzene rings is 1. The van der Waals surface area contributed by atoms with Crippen LogP contribution >= 0.6 is 39.9 Å². The number of carbonyl (C=O) groups excluding carboxylic acids is 2. The number of nitrogens with zero attached hydrogens (tertiary/aromatic N) is 1. The summed E-state index contributed by atoms with van der Waals surface area (Å²) in [5.41, 5.74) is 0.886. The molecule has 22 heavy (non-hydrogen) atoms. The third-order valence-electron chi connectivity index (χ3n) is 3.14. The number of thioether (sulfide) groups is 1. The van der Waals surface area contributed by atoms with E-state index in [0.717, 1.165) is 26.7 Å². The summed E-state index contributed by atoms with van der Waals surface area (Å²) >= 11 is 9.60. The molecule has 1 atom stereocenters. The molecule has 4 nitrogen and oxygen atoms in total. The SMILES string of the molecule is CC(C)[C@@H](C(=O)[O-])N1C(=O)SC(=Cc2ccc(Br)cc2)C1=S. The van der Waals surface area contributed by atoms with Crippen molar-refractivity contribution in [3.05, 3.63) is 39.2 Å². The topological polar surface area (TPSA) is 60.4 Å². The first-order valence-corrected chi connectivity index (χ1v) is 8.56. The van der Waals surface area contributed by atoms with Crippen molar-refractivity contribution in [3.8, 4) is 0 Å². The van der Waals surface area contributed by atoms with Crippen molar-refractivity contribution in [1.82, 2.24) is 4.90 Å². The van der Waals surface area contributed by atoms with Crippen molar-refractivity contribution in [2.24, 2.45) is 5.92 Å². The molecule has 1 heterocycles. The maximum Gasteiger partial charge on any atom is 0.292 e. The van der Waals surface area contributed by atoms with Crippen LogP contribution in [0.15, 0.2) is 33.6 Å². The van der Waals surface area contributed by atoms with Crippen LogP contribution in [0.4, 0.5) is 4.79 Å². The Morgan fingerprint density at radius 1 is 1.36 bits per heavy atom. The van der Waals surface area contributed by atoms with Gasteiger partial charge in [0.15, 0.2) is 0 Å². The van der Waals surface area contributed by atoms with Gasteiger partial charge in [0.2, 0.25) is 0 Å². The number of halogens is 1. The summed E-state index contributed by atoms with van der Waals surface area (Å²) in [4.78, 5) is 25.4. The quantitative estimate of drug-likeness (QED) is 0.575. The normalized spacial score (nSPS) is 18.4. The van der Waals surface area contributed by atoms with E-state index in [1.807, 2.05) is 24.3 Å². The lowest BCUT2D eigenvalue weighted by molar-refractivity contribution is -0.311. The fourth-order valence-electron chi connectivity index (χ4n) is 2.11. The Morgan fingerprint density at radius 2 is 1.95 bits per heavy atom. The first-order chi connectivity index (χ1) is 10.3. The molecule has 1 amide bonds. The predicted octanol–water partition coefficient (Wildman–Crippen LogP) is 3.06. The zero-order chi connectivity index (χ0) is 16.4. The summed E-state index contributed by atoms with van der Waals surface area (Å²) in [6.45, 7) is 3.44. The third kappa shape index (κ3) is 3.59. The lowest BCUT2D eigenvalue weighted by Gasteiger charge is -2.30. The number of carboxylic acids is 1. The van der Waals surface area contributed by atoms with Crippen LogP contribution in [0.3, 0.4) is 0 Å². The molecule has 2 rings (SSSR count). The highest BCUT2D eigenvalue weighted by Gasteiger charge is 2.38. The maximum atomic E-state index is 12.2. The highest BCUT2D eigenvalue weighted by Crippen LogP contribution is 2.36. The molecule has 0 aliphatic carbocycles. The van der Waals surface area contributed by atoms with Gasteiger partial charge in [-0.3, -0.25) is 9.69 Å². The molecular formula is C15H13BrNO3S2-. The van der Waals surface area contributed by atoms with Crippen LogP contribution in [0.5, 0.6) is 0 Å². The Bertz CT molecular complexity index is 655. The minimum Gasteiger partial charge on any atom is -0.548 e. The van der Waals surface area contributed by atoms with Crippen LogP contribution in [-0.2, 0) is 4.79 Å². The van der Waals surface area contributed by atoms with E-state index in [2.05, 4.69) is 15.9 Å². The third-order valence-corrected chi connectivity index (χ3v) is 5.12. The van der Waals surface area contributed by atoms with Gasteiger partial charge in [-0.15, -0.1) is 0 Å². The number of carbonyl (C=O) groups is 2. The monoisotopic (exact) mass is 398 g/mol. The second kappa shape index (κ2) is 6.93. The molecule has 0 radical (unpaired) electrons. The smallest absolute Gasteiger partial charge is 0.292 e. The molecule has 0 aromatic heterocycles. The fraction of sp³-hybridized carbons (Fsp3) is 0.267. The van der Waals surface area contributed by atoms with Crippen LogP contribution < -0.4 is 5.11 Å². The Balaban J connectivity index is 2.32. The van der Waals surface area contributed by atoms with Gasteiger partial charge in [-0.05, 0) is 41.5 Å². The summed E-state index contributed by atoms with van der Waals surface area (Å²) in [5.74, 6) is -1.59. The molecule has 7 heteroatoms. The lowest BCUT2D eigenvalue weighted by Crippen LogP contribution is -2.52. The number of thiocarbonyl (C=S) groups is 1. The number of hydrogen-bond acceptors (Lipinski definition) is 5. The number of aliphatic carboxylic acids is 1. The summed E-state index contributed by atoms with van der Waals surface area (Å²) in [7, 11) is 0. The van der Waals surface area contributed by atoms with Crippen molar-refractivity contribution in [1.29, 1.82) is 0 Å². The Kier molecular flexibility index (Phi) is 5.41. The Labute approximate surface area is 146 Å². The molecule has 1 fully saturated rings. The minimum atomic E-state index is -1.30. The van der Waals surface area contributed by atoms with Crippen LogP contribution in [0, 0.1) is 5.92 Å². The van der Waals surface area contributed by atoms with Gasteiger partial charge >= 0.3 is 0 Å². The number of carboxylic acid groups (broad SMARTS) is 1. The van der Waals surface area contributed by atoms with Crippen LogP contribution in [0.25, 0.3) is 6.08 Å². The van der Waals surface area contributed by atoms with Gasteiger partial charge in [-0.2, -0.15) is 0 Å². The largest absolute Gasteiger partial charge is 0.548 e. The van der Waals surface area contributed by atoms with E-state index in [9.17, 15) is 14.7 Å². The summed E-state index contributed by atoms with van der Waals surface area (Å²) in [5, 5.41) is 10.9. The van der Waals surface area contributed by atoms with Crippen molar-refractivity contribution in [3.63, 3.8) is 0 Å². The second-order valence-corrected chi connectivity index (χ2v) is 7.41. The van der Waals surface area contributed by atoms with Gasteiger partial charge in [-0.25, -0.2) is 0 Å². The van der Waals surface area contributed by atoms with Crippen LogP contribution in [-0.4, -0.2) is 27.1 Å². The second-order valence-electron chi connectivity index (χ2n) is 5.11. The van der Waals surface area contributed by atoms with Gasteiger partial charge in [0.05, 0.1) is 16.9 Å². The summed E-state index contributed by atoms with van der Waals surface area (Å²) < 4.78 is 0.950. The summed E-state index contributed by atoms with van der Waals surface area (Å²) in [6.07, 6.45) is 1.78. The average Bonchev–Trinajstić information content (AvgIpc) is 2.69. The van der Waals surface area contributed by atoms with Gasteiger partial charge in [0, 0.05) is 4.47 Å². The molecule has 116 valence electrons. The average molecular weight is 399 g/mol. The molecule has 0 N–H and O–H groups in total. The number of hydrogen-bond donors (Lipinski definition) is 0. The zero-order valence-electron chi connectivity index (χ0n) is 11.9. The molecule has 0 spiro atoms. The van der Waals surface area contributed by atoms with E-state index in [1.165, 1.54) is 0 Å². The highest BCUT2D eigenvalue weighted by atomic mass is 79.9. The molecular weight excluding hydrogens is 386 g/mol. The molecule has 1 aliphatic heterocycles.